The van der Waals surface area contributed by atoms with E-state index >= 15 is 0 Å². The van der Waals surface area contributed by atoms with Crippen LogP contribution in [0.5, 0.6) is 0 Å². The fraction of sp³-hybridized carbons (Fsp3) is 0.538. The van der Waals surface area contributed by atoms with Gasteiger partial charge in [-0.15, -0.1) is 0 Å². The molecule has 0 aromatic carbocycles. The summed E-state index contributed by atoms with van der Waals surface area (Å²) in [6.07, 6.45) is 2.27. The zero-order valence-electron chi connectivity index (χ0n) is 9.68. The maximum absolute atomic E-state index is 14.0. The summed E-state index contributed by atoms with van der Waals surface area (Å²) in [5.41, 5.74) is 3.65. The predicted molar refractivity (Wildman–Crippen MR) is 59.8 cm³/mol. The van der Waals surface area contributed by atoms with Crippen LogP contribution in [0, 0.1) is 25.2 Å². The molecule has 1 unspecified atom stereocenters. The Hall–Kier alpha value is -1.43. The molecule has 2 rings (SSSR count). The third kappa shape index (κ3) is 1.69. The topological polar surface area (TPSA) is 36.7 Å². The molecular formula is C13H15FN2. The number of nitriles is 1. The van der Waals surface area contributed by atoms with Crippen molar-refractivity contribution in [1.29, 1.82) is 5.26 Å². The molecule has 0 radical (unpaired) electrons. The summed E-state index contributed by atoms with van der Waals surface area (Å²) >= 11 is 0. The first-order chi connectivity index (χ1) is 7.65. The lowest BCUT2D eigenvalue weighted by Crippen LogP contribution is -2.06. The van der Waals surface area contributed by atoms with Gasteiger partial charge in [0.05, 0.1) is 11.3 Å². The molecule has 2 nitrogen and oxygen atoms in total. The number of nitrogens with zero attached hydrogens (tertiary/aromatic N) is 2. The minimum atomic E-state index is -0.947. The van der Waals surface area contributed by atoms with Gasteiger partial charge < -0.3 is 0 Å². The average Bonchev–Trinajstić information content (AvgIpc) is 2.41. The first-order valence-electron chi connectivity index (χ1n) is 5.69. The minimum Gasteiger partial charge on any atom is -0.257 e. The van der Waals surface area contributed by atoms with Crippen molar-refractivity contribution in [2.24, 2.45) is 0 Å². The third-order valence-corrected chi connectivity index (χ3v) is 3.27. The van der Waals surface area contributed by atoms with Crippen molar-refractivity contribution in [1.82, 2.24) is 4.98 Å². The van der Waals surface area contributed by atoms with Gasteiger partial charge in [0.1, 0.15) is 12.2 Å². The Bertz CT molecular complexity index is 460. The van der Waals surface area contributed by atoms with E-state index in [-0.39, 0.29) is 0 Å². The number of hydrogen-bond acceptors (Lipinski definition) is 2. The van der Waals surface area contributed by atoms with Crippen LogP contribution >= 0.6 is 0 Å². The van der Waals surface area contributed by atoms with Crippen molar-refractivity contribution in [3.63, 3.8) is 0 Å². The SMILES string of the molecule is Cc1nc(C)c2c(c1C#N)CCCCC2F. The second-order valence-corrected chi connectivity index (χ2v) is 4.37. The monoisotopic (exact) mass is 218 g/mol. The third-order valence-electron chi connectivity index (χ3n) is 3.27. The molecule has 1 aromatic rings. The highest BCUT2D eigenvalue weighted by Crippen LogP contribution is 2.35. The summed E-state index contributed by atoms with van der Waals surface area (Å²) < 4.78 is 14.0. The van der Waals surface area contributed by atoms with Gasteiger partial charge in [-0.25, -0.2) is 4.39 Å². The Kier molecular flexibility index (Phi) is 2.91. The zero-order valence-corrected chi connectivity index (χ0v) is 9.68. The van der Waals surface area contributed by atoms with E-state index in [1.54, 1.807) is 0 Å². The smallest absolute Gasteiger partial charge is 0.127 e. The second-order valence-electron chi connectivity index (χ2n) is 4.37. The van der Waals surface area contributed by atoms with Crippen LogP contribution in [0.2, 0.25) is 0 Å². The molecule has 1 heterocycles. The largest absolute Gasteiger partial charge is 0.257 e. The molecule has 0 bridgehead atoms. The fourth-order valence-corrected chi connectivity index (χ4v) is 2.53. The van der Waals surface area contributed by atoms with Gasteiger partial charge in [0.15, 0.2) is 0 Å². The summed E-state index contributed by atoms with van der Waals surface area (Å²) in [5.74, 6) is 0. The summed E-state index contributed by atoms with van der Waals surface area (Å²) in [6.45, 7) is 3.66. The Morgan fingerprint density at radius 2 is 2.06 bits per heavy atom. The summed E-state index contributed by atoms with van der Waals surface area (Å²) in [7, 11) is 0. The Balaban J connectivity index is 2.69. The van der Waals surface area contributed by atoms with Gasteiger partial charge in [-0.2, -0.15) is 5.26 Å². The molecule has 0 fully saturated rings. The normalized spacial score (nSPS) is 19.8. The Morgan fingerprint density at radius 1 is 1.31 bits per heavy atom. The first kappa shape index (κ1) is 11.1. The number of aromatic nitrogens is 1. The van der Waals surface area contributed by atoms with E-state index in [4.69, 9.17) is 5.26 Å². The van der Waals surface area contributed by atoms with Crippen LogP contribution in [0.25, 0.3) is 0 Å². The van der Waals surface area contributed by atoms with Gasteiger partial charge >= 0.3 is 0 Å². The molecule has 1 aliphatic carbocycles. The van der Waals surface area contributed by atoms with Crippen molar-refractivity contribution in [2.45, 2.75) is 45.7 Å². The molecular weight excluding hydrogens is 203 g/mol. The molecule has 1 atom stereocenters. The van der Waals surface area contributed by atoms with Crippen molar-refractivity contribution in [2.75, 3.05) is 0 Å². The second kappa shape index (κ2) is 4.21. The summed E-state index contributed by atoms with van der Waals surface area (Å²) in [4.78, 5) is 4.29. The van der Waals surface area contributed by atoms with Gasteiger partial charge in [-0.05, 0) is 45.1 Å². The van der Waals surface area contributed by atoms with Crippen LogP contribution in [-0.4, -0.2) is 4.98 Å². The molecule has 0 aliphatic heterocycles. The highest BCUT2D eigenvalue weighted by atomic mass is 19.1. The molecule has 0 amide bonds. The van der Waals surface area contributed by atoms with Crippen molar-refractivity contribution in [3.05, 3.63) is 28.1 Å². The number of pyridine rings is 1. The quantitative estimate of drug-likeness (QED) is 0.626. The Morgan fingerprint density at radius 3 is 2.75 bits per heavy atom. The molecule has 0 saturated heterocycles. The standard InChI is InChI=1S/C13H15FN2/c1-8-11(7-15)10-5-3-4-6-12(14)13(10)9(2)16-8/h12H,3-6H2,1-2H3. The zero-order chi connectivity index (χ0) is 11.7. The van der Waals surface area contributed by atoms with Crippen LogP contribution in [0.3, 0.4) is 0 Å². The molecule has 1 aliphatic rings. The molecule has 0 N–H and O–H groups in total. The van der Waals surface area contributed by atoms with Crippen LogP contribution in [0.1, 0.15) is 53.5 Å². The molecule has 0 saturated carbocycles. The Labute approximate surface area is 95.1 Å². The van der Waals surface area contributed by atoms with E-state index < -0.39 is 6.17 Å². The van der Waals surface area contributed by atoms with E-state index in [0.717, 1.165) is 36.2 Å². The molecule has 84 valence electrons. The van der Waals surface area contributed by atoms with Crippen LogP contribution in [-0.2, 0) is 6.42 Å². The number of rotatable bonds is 0. The fourth-order valence-electron chi connectivity index (χ4n) is 2.53. The first-order valence-corrected chi connectivity index (χ1v) is 5.69. The lowest BCUT2D eigenvalue weighted by atomic mass is 9.95. The van der Waals surface area contributed by atoms with Crippen molar-refractivity contribution < 1.29 is 4.39 Å². The molecule has 16 heavy (non-hydrogen) atoms. The lowest BCUT2D eigenvalue weighted by Gasteiger charge is -2.15. The maximum atomic E-state index is 14.0. The number of aryl methyl sites for hydroxylation is 2. The van der Waals surface area contributed by atoms with Gasteiger partial charge in [0.2, 0.25) is 0 Å². The van der Waals surface area contributed by atoms with Crippen molar-refractivity contribution in [3.8, 4) is 6.07 Å². The average molecular weight is 218 g/mol. The van der Waals surface area contributed by atoms with Crippen LogP contribution in [0.4, 0.5) is 4.39 Å². The van der Waals surface area contributed by atoms with Gasteiger partial charge in [0, 0.05) is 11.3 Å². The molecule has 0 spiro atoms. The van der Waals surface area contributed by atoms with Gasteiger partial charge in [0.25, 0.3) is 0 Å². The van der Waals surface area contributed by atoms with E-state index in [1.807, 2.05) is 13.8 Å². The minimum absolute atomic E-state index is 0.559. The lowest BCUT2D eigenvalue weighted by molar-refractivity contribution is 0.318. The van der Waals surface area contributed by atoms with E-state index in [2.05, 4.69) is 11.1 Å². The number of fused-ring (bicyclic) bond motifs is 1. The maximum Gasteiger partial charge on any atom is 0.127 e. The van der Waals surface area contributed by atoms with Crippen LogP contribution < -0.4 is 0 Å². The van der Waals surface area contributed by atoms with Crippen LogP contribution in [0.15, 0.2) is 0 Å². The van der Waals surface area contributed by atoms with E-state index in [0.29, 0.717) is 17.5 Å². The van der Waals surface area contributed by atoms with E-state index in [9.17, 15) is 4.39 Å². The van der Waals surface area contributed by atoms with Crippen molar-refractivity contribution >= 4 is 0 Å². The highest BCUT2D eigenvalue weighted by Gasteiger charge is 2.24. The van der Waals surface area contributed by atoms with E-state index in [1.165, 1.54) is 0 Å². The number of halogens is 1. The number of hydrogen-bond donors (Lipinski definition) is 0. The summed E-state index contributed by atoms with van der Waals surface area (Å²) in [6, 6.07) is 2.17. The highest BCUT2D eigenvalue weighted by molar-refractivity contribution is 5.48. The molecule has 3 heteroatoms. The predicted octanol–water partition coefficient (Wildman–Crippen LogP) is 3.31. The van der Waals surface area contributed by atoms with Gasteiger partial charge in [-0.3, -0.25) is 4.98 Å². The molecule has 1 aromatic heterocycles. The van der Waals surface area contributed by atoms with Gasteiger partial charge in [-0.1, -0.05) is 0 Å². The number of alkyl halides is 1. The summed E-state index contributed by atoms with van der Waals surface area (Å²) in [5, 5.41) is 9.13.